The number of amides is 2. The quantitative estimate of drug-likeness (QED) is 0.496. The van der Waals surface area contributed by atoms with Crippen LogP contribution in [0.2, 0.25) is 0 Å². The summed E-state index contributed by atoms with van der Waals surface area (Å²) in [6.07, 6.45) is 2.06. The van der Waals surface area contributed by atoms with Crippen LogP contribution in [-0.4, -0.2) is 36.1 Å². The Morgan fingerprint density at radius 2 is 1.91 bits per heavy atom. The molecule has 1 N–H and O–H groups in total. The molecular weight excluding hydrogens is 435 g/mol. The van der Waals surface area contributed by atoms with Crippen molar-refractivity contribution in [3.63, 3.8) is 0 Å². The molecule has 0 saturated carbocycles. The molecule has 2 heterocycles. The molecular formula is C27H23FN2O4. The van der Waals surface area contributed by atoms with E-state index in [0.717, 1.165) is 16.8 Å². The molecule has 1 fully saturated rings. The van der Waals surface area contributed by atoms with Crippen molar-refractivity contribution in [1.29, 1.82) is 0 Å². The molecule has 2 aliphatic heterocycles. The summed E-state index contributed by atoms with van der Waals surface area (Å²) in [6, 6.07) is 19.4. The van der Waals surface area contributed by atoms with Gasteiger partial charge >= 0.3 is 6.09 Å². The van der Waals surface area contributed by atoms with E-state index in [2.05, 4.69) is 5.32 Å². The Morgan fingerprint density at radius 1 is 1.12 bits per heavy atom. The largest absolute Gasteiger partial charge is 0.454 e. The van der Waals surface area contributed by atoms with Gasteiger partial charge in [0, 0.05) is 23.4 Å². The number of ether oxygens (including phenoxy) is 2. The minimum Gasteiger partial charge on any atom is -0.454 e. The number of para-hydroxylation sites is 1. The van der Waals surface area contributed by atoms with Gasteiger partial charge in [-0.3, -0.25) is 4.79 Å². The van der Waals surface area contributed by atoms with Crippen LogP contribution in [0.4, 0.5) is 14.9 Å². The molecule has 1 atom stereocenters. The van der Waals surface area contributed by atoms with Crippen LogP contribution in [0.15, 0.2) is 66.7 Å². The molecule has 0 radical (unpaired) electrons. The number of anilines is 1. The highest BCUT2D eigenvalue weighted by molar-refractivity contribution is 6.34. The number of carbonyl (C=O) groups is 2. The third-order valence-electron chi connectivity index (χ3n) is 6.01. The molecule has 2 amide bonds. The lowest BCUT2D eigenvalue weighted by Crippen LogP contribution is -2.34. The lowest BCUT2D eigenvalue weighted by molar-refractivity contribution is -0.110. The van der Waals surface area contributed by atoms with E-state index in [-0.39, 0.29) is 23.8 Å². The van der Waals surface area contributed by atoms with Crippen molar-refractivity contribution in [3.05, 3.63) is 89.2 Å². The van der Waals surface area contributed by atoms with Crippen LogP contribution in [0.1, 0.15) is 23.6 Å². The number of benzene rings is 3. The Kier molecular flexibility index (Phi) is 5.76. The van der Waals surface area contributed by atoms with Gasteiger partial charge in [0.15, 0.2) is 11.6 Å². The zero-order valence-electron chi connectivity index (χ0n) is 18.6. The number of carbonyl (C=O) groups excluding carboxylic acids is 2. The molecule has 0 aliphatic carbocycles. The van der Waals surface area contributed by atoms with Crippen LogP contribution >= 0.6 is 0 Å². The van der Waals surface area contributed by atoms with Gasteiger partial charge in [-0.15, -0.1) is 0 Å². The van der Waals surface area contributed by atoms with Gasteiger partial charge in [-0.05, 0) is 60.9 Å². The van der Waals surface area contributed by atoms with Crippen LogP contribution < -0.4 is 10.1 Å². The first-order valence-corrected chi connectivity index (χ1v) is 11.1. The first-order chi connectivity index (χ1) is 16.5. The Hall–Kier alpha value is -4.13. The molecule has 7 heteroatoms. The smallest absolute Gasteiger partial charge is 0.410 e. The molecule has 3 aromatic carbocycles. The fourth-order valence-electron chi connectivity index (χ4n) is 4.28. The minimum atomic E-state index is -0.523. The van der Waals surface area contributed by atoms with Crippen LogP contribution in [0.25, 0.3) is 11.6 Å². The third kappa shape index (κ3) is 4.24. The highest BCUT2D eigenvalue weighted by Gasteiger charge is 2.31. The summed E-state index contributed by atoms with van der Waals surface area (Å²) in [6.45, 7) is 2.91. The fourth-order valence-corrected chi connectivity index (χ4v) is 4.28. The maximum absolute atomic E-state index is 14.8. The monoisotopic (exact) mass is 458 g/mol. The first kappa shape index (κ1) is 21.7. The van der Waals surface area contributed by atoms with Crippen molar-refractivity contribution < 1.29 is 23.5 Å². The van der Waals surface area contributed by atoms with Crippen LogP contribution in [0.3, 0.4) is 0 Å². The predicted molar refractivity (Wildman–Crippen MR) is 127 cm³/mol. The van der Waals surface area contributed by atoms with E-state index in [4.69, 9.17) is 9.47 Å². The van der Waals surface area contributed by atoms with Gasteiger partial charge in [0.2, 0.25) is 0 Å². The van der Waals surface area contributed by atoms with Crippen molar-refractivity contribution in [2.24, 2.45) is 0 Å². The number of rotatable bonds is 6. The second-order valence-corrected chi connectivity index (χ2v) is 8.21. The van der Waals surface area contributed by atoms with E-state index in [1.54, 1.807) is 35.2 Å². The Balaban J connectivity index is 1.28. The molecule has 1 saturated heterocycles. The average molecular weight is 458 g/mol. The van der Waals surface area contributed by atoms with Crippen molar-refractivity contribution in [3.8, 4) is 11.5 Å². The lowest BCUT2D eigenvalue weighted by atomic mass is 10.0. The fraction of sp³-hybridized carbons (Fsp3) is 0.185. The molecule has 5 rings (SSSR count). The summed E-state index contributed by atoms with van der Waals surface area (Å²) in [4.78, 5) is 25.7. The number of hydrogen-bond acceptors (Lipinski definition) is 4. The number of cyclic esters (lactones) is 1. The van der Waals surface area contributed by atoms with Crippen molar-refractivity contribution in [1.82, 2.24) is 4.90 Å². The summed E-state index contributed by atoms with van der Waals surface area (Å²) in [5.41, 5.74) is 3.64. The Morgan fingerprint density at radius 3 is 2.68 bits per heavy atom. The molecule has 0 bridgehead atoms. The maximum Gasteiger partial charge on any atom is 0.410 e. The lowest BCUT2D eigenvalue weighted by Gasteiger charge is -2.19. The average Bonchev–Trinajstić information content (AvgIpc) is 3.35. The predicted octanol–water partition coefficient (Wildman–Crippen LogP) is 5.49. The molecule has 0 aromatic heterocycles. The number of halogens is 1. The molecule has 1 unspecified atom stereocenters. The van der Waals surface area contributed by atoms with Crippen molar-refractivity contribution in [2.45, 2.75) is 19.4 Å². The van der Waals surface area contributed by atoms with Crippen LogP contribution in [0, 0.1) is 5.82 Å². The number of nitrogens with one attached hydrogen (secondary N) is 1. The van der Waals surface area contributed by atoms with E-state index in [1.165, 1.54) is 6.07 Å². The summed E-state index contributed by atoms with van der Waals surface area (Å²) in [5, 5.41) is 2.81. The highest BCUT2D eigenvalue weighted by Crippen LogP contribution is 2.33. The van der Waals surface area contributed by atoms with Gasteiger partial charge in [-0.2, -0.15) is 0 Å². The number of likely N-dealkylation sites (N-methyl/N-ethyl adjacent to an activating group) is 1. The molecule has 6 nitrogen and oxygen atoms in total. The molecule has 172 valence electrons. The van der Waals surface area contributed by atoms with Gasteiger partial charge in [-0.25, -0.2) is 9.18 Å². The number of nitrogens with zero attached hydrogens (tertiary/aromatic N) is 1. The van der Waals surface area contributed by atoms with Gasteiger partial charge in [0.25, 0.3) is 5.91 Å². The topological polar surface area (TPSA) is 67.9 Å². The van der Waals surface area contributed by atoms with Gasteiger partial charge in [-0.1, -0.05) is 36.4 Å². The van der Waals surface area contributed by atoms with Crippen molar-refractivity contribution >= 4 is 29.3 Å². The number of hydrogen-bond donors (Lipinski definition) is 1. The molecule has 3 aromatic rings. The summed E-state index contributed by atoms with van der Waals surface area (Å²) in [5.74, 6) is -0.134. The summed E-state index contributed by atoms with van der Waals surface area (Å²) >= 11 is 0. The molecule has 2 aliphatic rings. The first-order valence-electron chi connectivity index (χ1n) is 11.1. The standard InChI is InChI=1S/C27H23FN2O4/c1-2-30-19(16-33-27(30)32)13-17-7-10-20(11-8-17)34-25-12-9-18(15-23(25)28)14-22-21-5-3-4-6-24(21)29-26(22)31/h3-12,14-15,19H,2,13,16H2,1H3,(H,29,31)/b22-14-. The van der Waals surface area contributed by atoms with Gasteiger partial charge in [0.05, 0.1) is 6.04 Å². The second-order valence-electron chi connectivity index (χ2n) is 8.21. The van der Waals surface area contributed by atoms with Crippen molar-refractivity contribution in [2.75, 3.05) is 18.5 Å². The van der Waals surface area contributed by atoms with Gasteiger partial charge < -0.3 is 19.7 Å². The SMILES string of the molecule is CCN1C(=O)OCC1Cc1ccc(Oc2ccc(/C=C3\C(=O)Nc4ccccc43)cc2F)cc1. The Bertz CT molecular complexity index is 1290. The maximum atomic E-state index is 14.8. The van der Waals surface area contributed by atoms with E-state index >= 15 is 0 Å². The molecule has 0 spiro atoms. The van der Waals surface area contributed by atoms with E-state index in [1.807, 2.05) is 43.3 Å². The highest BCUT2D eigenvalue weighted by atomic mass is 19.1. The third-order valence-corrected chi connectivity index (χ3v) is 6.01. The zero-order valence-corrected chi connectivity index (χ0v) is 18.6. The zero-order chi connectivity index (χ0) is 23.7. The van der Waals surface area contributed by atoms with Gasteiger partial charge in [0.1, 0.15) is 12.4 Å². The Labute approximate surface area is 196 Å². The number of fused-ring (bicyclic) bond motifs is 1. The normalized spacial score (nSPS) is 18.1. The van der Waals surface area contributed by atoms with Crippen LogP contribution in [-0.2, 0) is 16.0 Å². The van der Waals surface area contributed by atoms with E-state index < -0.39 is 5.82 Å². The minimum absolute atomic E-state index is 0.0114. The summed E-state index contributed by atoms with van der Waals surface area (Å²) in [7, 11) is 0. The van der Waals surface area contributed by atoms with E-state index in [0.29, 0.717) is 36.5 Å². The van der Waals surface area contributed by atoms with E-state index in [9.17, 15) is 14.0 Å². The van der Waals surface area contributed by atoms with Crippen LogP contribution in [0.5, 0.6) is 11.5 Å². The molecule has 34 heavy (non-hydrogen) atoms. The summed E-state index contributed by atoms with van der Waals surface area (Å²) < 4.78 is 25.6. The second kappa shape index (κ2) is 9.02.